The predicted molar refractivity (Wildman–Crippen MR) is 102 cm³/mol. The first kappa shape index (κ1) is 16.8. The van der Waals surface area contributed by atoms with Crippen LogP contribution in [-0.4, -0.2) is 23.5 Å². The van der Waals surface area contributed by atoms with E-state index in [-0.39, 0.29) is 18.9 Å². The normalized spacial score (nSPS) is 38.2. The fourth-order valence-electron chi connectivity index (χ4n) is 6.63. The highest BCUT2D eigenvalue weighted by Crippen LogP contribution is 2.61. The van der Waals surface area contributed by atoms with Crippen LogP contribution < -0.4 is 4.90 Å². The van der Waals surface area contributed by atoms with E-state index in [1.54, 1.807) is 4.90 Å². The molecular formula is C21H24BrNO3. The van der Waals surface area contributed by atoms with Crippen LogP contribution in [0.15, 0.2) is 22.7 Å². The second-order valence-electron chi connectivity index (χ2n) is 9.11. The summed E-state index contributed by atoms with van der Waals surface area (Å²) < 4.78 is 0.921. The third-order valence-corrected chi connectivity index (χ3v) is 8.00. The molecule has 0 spiro atoms. The van der Waals surface area contributed by atoms with Crippen LogP contribution in [0.4, 0.5) is 5.69 Å². The van der Waals surface area contributed by atoms with Gasteiger partial charge in [-0.2, -0.15) is 0 Å². The molecule has 1 aromatic rings. The molecule has 1 N–H and O–H groups in total. The van der Waals surface area contributed by atoms with E-state index in [1.165, 1.54) is 44.1 Å². The lowest BCUT2D eigenvalue weighted by Gasteiger charge is -2.57. The van der Waals surface area contributed by atoms with Crippen LogP contribution in [0.2, 0.25) is 0 Å². The maximum atomic E-state index is 12.3. The van der Waals surface area contributed by atoms with Gasteiger partial charge in [0.1, 0.15) is 0 Å². The molecular weight excluding hydrogens is 394 g/mol. The number of carboxylic acid groups (broad SMARTS) is 1. The van der Waals surface area contributed by atoms with E-state index in [2.05, 4.69) is 28.1 Å². The number of halogens is 1. The number of rotatable bonds is 3. The topological polar surface area (TPSA) is 57.6 Å². The molecule has 1 aromatic carbocycles. The molecule has 1 amide bonds. The number of aliphatic carboxylic acids is 1. The highest BCUT2D eigenvalue weighted by molar-refractivity contribution is 9.10. The summed E-state index contributed by atoms with van der Waals surface area (Å²) in [5.41, 5.74) is 2.55. The Morgan fingerprint density at radius 1 is 1.12 bits per heavy atom. The van der Waals surface area contributed by atoms with Crippen LogP contribution >= 0.6 is 15.9 Å². The molecule has 4 nitrogen and oxygen atoms in total. The number of hydrogen-bond donors (Lipinski definition) is 1. The van der Waals surface area contributed by atoms with E-state index in [9.17, 15) is 14.7 Å². The Bertz CT molecular complexity index is 754. The summed E-state index contributed by atoms with van der Waals surface area (Å²) in [6, 6.07) is 6.44. The van der Waals surface area contributed by atoms with E-state index < -0.39 is 11.9 Å². The summed E-state index contributed by atoms with van der Waals surface area (Å²) in [6.45, 7) is 0.267. The molecule has 5 heteroatoms. The zero-order valence-electron chi connectivity index (χ0n) is 14.8. The molecule has 4 bridgehead atoms. The molecule has 26 heavy (non-hydrogen) atoms. The van der Waals surface area contributed by atoms with Gasteiger partial charge in [-0.25, -0.2) is 0 Å². The van der Waals surface area contributed by atoms with Crippen LogP contribution in [0, 0.1) is 23.7 Å². The van der Waals surface area contributed by atoms with Crippen LogP contribution in [0.3, 0.4) is 0 Å². The zero-order chi connectivity index (χ0) is 18.1. The molecule has 0 unspecified atom stereocenters. The van der Waals surface area contributed by atoms with Crippen molar-refractivity contribution in [3.63, 3.8) is 0 Å². The maximum Gasteiger partial charge on any atom is 0.308 e. The molecule has 5 fully saturated rings. The van der Waals surface area contributed by atoms with E-state index in [1.807, 2.05) is 6.07 Å². The van der Waals surface area contributed by atoms with Gasteiger partial charge in [-0.3, -0.25) is 9.59 Å². The summed E-state index contributed by atoms with van der Waals surface area (Å²) in [6.07, 6.45) is 8.32. The highest BCUT2D eigenvalue weighted by atomic mass is 79.9. The van der Waals surface area contributed by atoms with E-state index >= 15 is 0 Å². The summed E-state index contributed by atoms with van der Waals surface area (Å²) >= 11 is 3.68. The first-order chi connectivity index (χ1) is 12.4. The van der Waals surface area contributed by atoms with Gasteiger partial charge < -0.3 is 10.0 Å². The number of carbonyl (C=O) groups is 2. The first-order valence-electron chi connectivity index (χ1n) is 9.77. The molecule has 0 aromatic heterocycles. The summed E-state index contributed by atoms with van der Waals surface area (Å²) in [7, 11) is 0. The monoisotopic (exact) mass is 417 g/mol. The Labute approximate surface area is 162 Å². The summed E-state index contributed by atoms with van der Waals surface area (Å²) in [5, 5.41) is 9.21. The van der Waals surface area contributed by atoms with Gasteiger partial charge in [0.2, 0.25) is 5.91 Å². The molecule has 138 valence electrons. The number of hydrogen-bond acceptors (Lipinski definition) is 2. The number of anilines is 1. The second-order valence-corrected chi connectivity index (χ2v) is 9.96. The fourth-order valence-corrected chi connectivity index (χ4v) is 7.22. The highest BCUT2D eigenvalue weighted by Gasteiger charge is 2.51. The van der Waals surface area contributed by atoms with Gasteiger partial charge in [0.25, 0.3) is 0 Å². The lowest BCUT2D eigenvalue weighted by molar-refractivity contribution is -0.141. The molecule has 4 saturated carbocycles. The number of carbonyl (C=O) groups excluding carboxylic acids is 1. The lowest BCUT2D eigenvalue weighted by Crippen LogP contribution is -2.48. The smallest absolute Gasteiger partial charge is 0.308 e. The molecule has 1 aliphatic heterocycles. The average molecular weight is 418 g/mol. The molecule has 4 aliphatic carbocycles. The van der Waals surface area contributed by atoms with Crippen molar-refractivity contribution in [3.8, 4) is 0 Å². The standard InChI is InChI=1S/C21H24BrNO3/c22-17-7-16(21-8-12-3-13(9-21)5-14(4-12)10-21)1-2-18(17)23-11-15(20(25)26)6-19(23)24/h1-2,7,12-15H,3-6,8-11H2,(H,25,26)/t12?,13?,14?,15-,21?/m1/s1. The SMILES string of the molecule is O=C(O)[C@@H]1CC(=O)N(c2ccc(C34CC5CC(CC(C5)C3)C4)cc2Br)C1. The first-order valence-corrected chi connectivity index (χ1v) is 10.6. The van der Waals surface area contributed by atoms with Gasteiger partial charge in [-0.1, -0.05) is 6.07 Å². The lowest BCUT2D eigenvalue weighted by atomic mass is 9.48. The molecule has 1 atom stereocenters. The van der Waals surface area contributed by atoms with Crippen molar-refractivity contribution in [2.45, 2.75) is 50.4 Å². The fraction of sp³-hybridized carbons (Fsp3) is 0.619. The van der Waals surface area contributed by atoms with E-state index in [4.69, 9.17) is 0 Å². The van der Waals surface area contributed by atoms with Gasteiger partial charge in [-0.05, 0) is 95.3 Å². The van der Waals surface area contributed by atoms with Crippen molar-refractivity contribution < 1.29 is 14.7 Å². The van der Waals surface area contributed by atoms with Gasteiger partial charge in [-0.15, -0.1) is 0 Å². The Hall–Kier alpha value is -1.36. The summed E-state index contributed by atoms with van der Waals surface area (Å²) in [5.74, 6) is 1.11. The van der Waals surface area contributed by atoms with Gasteiger partial charge >= 0.3 is 5.97 Å². The van der Waals surface area contributed by atoms with Crippen molar-refractivity contribution in [1.82, 2.24) is 0 Å². The minimum atomic E-state index is -0.887. The second kappa shape index (κ2) is 5.82. The van der Waals surface area contributed by atoms with Crippen molar-refractivity contribution >= 4 is 33.5 Å². The van der Waals surface area contributed by atoms with Crippen molar-refractivity contribution in [1.29, 1.82) is 0 Å². The third kappa shape index (κ3) is 2.54. The minimum Gasteiger partial charge on any atom is -0.481 e. The minimum absolute atomic E-state index is 0.0957. The van der Waals surface area contributed by atoms with Crippen LogP contribution in [-0.2, 0) is 15.0 Å². The largest absolute Gasteiger partial charge is 0.481 e. The molecule has 1 heterocycles. The number of benzene rings is 1. The Morgan fingerprint density at radius 2 is 1.73 bits per heavy atom. The molecule has 1 saturated heterocycles. The molecule has 0 radical (unpaired) electrons. The number of nitrogens with zero attached hydrogens (tertiary/aromatic N) is 1. The van der Waals surface area contributed by atoms with E-state index in [0.717, 1.165) is 27.9 Å². The van der Waals surface area contributed by atoms with Crippen LogP contribution in [0.5, 0.6) is 0 Å². The number of carboxylic acids is 1. The number of amides is 1. The average Bonchev–Trinajstić information content (AvgIpc) is 2.95. The van der Waals surface area contributed by atoms with Crippen molar-refractivity contribution in [2.24, 2.45) is 23.7 Å². The predicted octanol–water partition coefficient (Wildman–Crippen LogP) is 4.35. The molecule has 6 rings (SSSR count). The maximum absolute atomic E-state index is 12.3. The van der Waals surface area contributed by atoms with Crippen molar-refractivity contribution in [3.05, 3.63) is 28.2 Å². The molecule has 5 aliphatic rings. The quantitative estimate of drug-likeness (QED) is 0.794. The zero-order valence-corrected chi connectivity index (χ0v) is 16.4. The van der Waals surface area contributed by atoms with Gasteiger partial charge in [0.15, 0.2) is 0 Å². The van der Waals surface area contributed by atoms with E-state index in [0.29, 0.717) is 5.41 Å². The Kier molecular flexibility index (Phi) is 3.76. The third-order valence-electron chi connectivity index (χ3n) is 7.36. The summed E-state index contributed by atoms with van der Waals surface area (Å²) in [4.78, 5) is 25.2. The van der Waals surface area contributed by atoms with Crippen LogP contribution in [0.25, 0.3) is 0 Å². The van der Waals surface area contributed by atoms with Crippen LogP contribution in [0.1, 0.15) is 50.5 Å². The van der Waals surface area contributed by atoms with Crippen molar-refractivity contribution in [2.75, 3.05) is 11.4 Å². The van der Waals surface area contributed by atoms with Gasteiger partial charge in [0, 0.05) is 17.4 Å². The van der Waals surface area contributed by atoms with Gasteiger partial charge in [0.05, 0.1) is 11.6 Å². The Morgan fingerprint density at radius 3 is 2.23 bits per heavy atom. The Balaban J connectivity index is 1.44.